The third-order valence-electron chi connectivity index (χ3n) is 1.34. The second kappa shape index (κ2) is 6.18. The summed E-state index contributed by atoms with van der Waals surface area (Å²) in [5.74, 6) is 0.910. The minimum absolute atomic E-state index is 0.601. The highest BCUT2D eigenvalue weighted by Gasteiger charge is 1.97. The van der Waals surface area contributed by atoms with Crippen LogP contribution in [0.5, 0.6) is 0 Å². The third-order valence-corrected chi connectivity index (χ3v) is 3.20. The molecule has 0 fully saturated rings. The van der Waals surface area contributed by atoms with Gasteiger partial charge < -0.3 is 5.73 Å². The summed E-state index contributed by atoms with van der Waals surface area (Å²) in [5, 5.41) is 1.02. The third kappa shape index (κ3) is 3.93. The first kappa shape index (κ1) is 10.8. The summed E-state index contributed by atoms with van der Waals surface area (Å²) in [7, 11) is 0. The van der Waals surface area contributed by atoms with E-state index in [0.717, 1.165) is 15.3 Å². The number of halogens is 1. The number of thioether (sulfide) groups is 1. The van der Waals surface area contributed by atoms with Gasteiger partial charge in [-0.2, -0.15) is 0 Å². The van der Waals surface area contributed by atoms with Crippen LogP contribution in [0.15, 0.2) is 40.0 Å². The average molecular weight is 259 g/mol. The molecule has 70 valence electrons. The van der Waals surface area contributed by atoms with Gasteiger partial charge in [-0.3, -0.25) is 0 Å². The van der Waals surface area contributed by atoms with E-state index in [-0.39, 0.29) is 0 Å². The van der Waals surface area contributed by atoms with Gasteiger partial charge in [-0.1, -0.05) is 12.2 Å². The van der Waals surface area contributed by atoms with E-state index in [1.807, 2.05) is 24.3 Å². The highest BCUT2D eigenvalue weighted by Crippen LogP contribution is 2.24. The van der Waals surface area contributed by atoms with Crippen molar-refractivity contribution in [2.45, 2.75) is 5.03 Å². The van der Waals surface area contributed by atoms with Crippen molar-refractivity contribution >= 4 is 27.7 Å². The van der Waals surface area contributed by atoms with Gasteiger partial charge >= 0.3 is 0 Å². The molecule has 0 aliphatic carbocycles. The van der Waals surface area contributed by atoms with Crippen molar-refractivity contribution in [1.82, 2.24) is 4.98 Å². The van der Waals surface area contributed by atoms with Crippen LogP contribution in [0, 0.1) is 0 Å². The molecule has 13 heavy (non-hydrogen) atoms. The molecular weight excluding hydrogens is 248 g/mol. The molecule has 0 saturated heterocycles. The van der Waals surface area contributed by atoms with Gasteiger partial charge in [0.05, 0.1) is 0 Å². The molecule has 1 aromatic heterocycles. The normalized spacial score (nSPS) is 10.9. The number of pyridine rings is 1. The van der Waals surface area contributed by atoms with Crippen molar-refractivity contribution in [1.29, 1.82) is 0 Å². The van der Waals surface area contributed by atoms with Crippen LogP contribution in [-0.4, -0.2) is 17.3 Å². The predicted molar refractivity (Wildman–Crippen MR) is 60.9 cm³/mol. The van der Waals surface area contributed by atoms with Gasteiger partial charge in [0.15, 0.2) is 0 Å². The first-order valence-electron chi connectivity index (χ1n) is 3.93. The maximum Gasteiger partial charge on any atom is 0.110 e. The molecule has 0 radical (unpaired) electrons. The molecule has 0 aromatic carbocycles. The largest absolute Gasteiger partial charge is 0.327 e. The van der Waals surface area contributed by atoms with Crippen LogP contribution in [0.4, 0.5) is 0 Å². The van der Waals surface area contributed by atoms with Gasteiger partial charge in [0.25, 0.3) is 0 Å². The van der Waals surface area contributed by atoms with E-state index in [1.54, 1.807) is 18.0 Å². The van der Waals surface area contributed by atoms with Gasteiger partial charge in [-0.05, 0) is 28.1 Å². The minimum atomic E-state index is 0.601. The molecular formula is C9H11BrN2S. The van der Waals surface area contributed by atoms with Gasteiger partial charge in [-0.15, -0.1) is 11.8 Å². The average Bonchev–Trinajstić information content (AvgIpc) is 2.15. The fraction of sp³-hybridized carbons (Fsp3) is 0.222. The Bertz CT molecular complexity index is 289. The van der Waals surface area contributed by atoms with Crippen molar-refractivity contribution in [3.63, 3.8) is 0 Å². The van der Waals surface area contributed by atoms with E-state index >= 15 is 0 Å². The van der Waals surface area contributed by atoms with E-state index in [1.165, 1.54) is 0 Å². The van der Waals surface area contributed by atoms with E-state index < -0.39 is 0 Å². The molecule has 0 aliphatic heterocycles. The van der Waals surface area contributed by atoms with Crippen LogP contribution in [-0.2, 0) is 0 Å². The fourth-order valence-corrected chi connectivity index (χ4v) is 2.10. The van der Waals surface area contributed by atoms with E-state index in [2.05, 4.69) is 20.9 Å². The molecule has 2 nitrogen and oxygen atoms in total. The summed E-state index contributed by atoms with van der Waals surface area (Å²) in [6.45, 7) is 0.601. The molecule has 0 amide bonds. The lowest BCUT2D eigenvalue weighted by Crippen LogP contribution is -1.92. The molecule has 0 bridgehead atoms. The number of rotatable bonds is 4. The van der Waals surface area contributed by atoms with Crippen LogP contribution in [0.2, 0.25) is 0 Å². The Balaban J connectivity index is 2.45. The second-order valence-electron chi connectivity index (χ2n) is 2.31. The Morgan fingerprint density at radius 1 is 1.54 bits per heavy atom. The Morgan fingerprint density at radius 2 is 2.38 bits per heavy atom. The second-order valence-corrected chi connectivity index (χ2v) is 4.17. The number of aromatic nitrogens is 1. The molecule has 0 unspecified atom stereocenters. The zero-order valence-corrected chi connectivity index (χ0v) is 9.51. The van der Waals surface area contributed by atoms with Crippen LogP contribution in [0.25, 0.3) is 0 Å². The number of hydrogen-bond acceptors (Lipinski definition) is 3. The van der Waals surface area contributed by atoms with Gasteiger partial charge in [0.1, 0.15) is 5.03 Å². The number of hydrogen-bond donors (Lipinski definition) is 1. The Hall–Kier alpha value is -0.320. The smallest absolute Gasteiger partial charge is 0.110 e. The summed E-state index contributed by atoms with van der Waals surface area (Å²) < 4.78 is 1.04. The number of nitrogens with two attached hydrogens (primary N) is 1. The van der Waals surface area contributed by atoms with Crippen LogP contribution in [0.3, 0.4) is 0 Å². The van der Waals surface area contributed by atoms with Crippen molar-refractivity contribution < 1.29 is 0 Å². The zero-order valence-electron chi connectivity index (χ0n) is 7.11. The quantitative estimate of drug-likeness (QED) is 0.666. The highest BCUT2D eigenvalue weighted by molar-refractivity contribution is 9.10. The van der Waals surface area contributed by atoms with Crippen molar-refractivity contribution in [2.75, 3.05) is 12.3 Å². The molecule has 0 saturated carbocycles. The Labute approximate surface area is 90.8 Å². The minimum Gasteiger partial charge on any atom is -0.327 e. The lowest BCUT2D eigenvalue weighted by atomic mass is 10.5. The summed E-state index contributed by atoms with van der Waals surface area (Å²) in [6, 6.07) is 3.89. The van der Waals surface area contributed by atoms with Gasteiger partial charge in [0, 0.05) is 23.0 Å². The first-order chi connectivity index (χ1) is 6.34. The fourth-order valence-electron chi connectivity index (χ4n) is 0.769. The SMILES string of the molecule is NCC=CCSc1ncccc1Br. The van der Waals surface area contributed by atoms with E-state index in [9.17, 15) is 0 Å². The summed E-state index contributed by atoms with van der Waals surface area (Å²) >= 11 is 5.12. The molecule has 0 atom stereocenters. The van der Waals surface area contributed by atoms with Crippen LogP contribution >= 0.6 is 27.7 Å². The molecule has 1 rings (SSSR count). The van der Waals surface area contributed by atoms with Crippen LogP contribution < -0.4 is 5.73 Å². The van der Waals surface area contributed by atoms with E-state index in [4.69, 9.17) is 5.73 Å². The summed E-state index contributed by atoms with van der Waals surface area (Å²) in [4.78, 5) is 4.23. The number of nitrogens with zero attached hydrogens (tertiary/aromatic N) is 1. The van der Waals surface area contributed by atoms with Crippen molar-refractivity contribution in [3.8, 4) is 0 Å². The van der Waals surface area contributed by atoms with Crippen LogP contribution in [0.1, 0.15) is 0 Å². The van der Waals surface area contributed by atoms with Crippen molar-refractivity contribution in [2.24, 2.45) is 5.73 Å². The monoisotopic (exact) mass is 258 g/mol. The summed E-state index contributed by atoms with van der Waals surface area (Å²) in [6.07, 6.45) is 5.79. The molecule has 2 N–H and O–H groups in total. The topological polar surface area (TPSA) is 38.9 Å². The molecule has 0 spiro atoms. The maximum atomic E-state index is 5.32. The van der Waals surface area contributed by atoms with Crippen molar-refractivity contribution in [3.05, 3.63) is 35.0 Å². The molecule has 4 heteroatoms. The Kier molecular flexibility index (Phi) is 5.12. The molecule has 1 heterocycles. The lowest BCUT2D eigenvalue weighted by Gasteiger charge is -1.98. The lowest BCUT2D eigenvalue weighted by molar-refractivity contribution is 1.11. The zero-order chi connectivity index (χ0) is 9.52. The maximum absolute atomic E-state index is 5.32. The van der Waals surface area contributed by atoms with Gasteiger partial charge in [-0.25, -0.2) is 4.98 Å². The Morgan fingerprint density at radius 3 is 3.08 bits per heavy atom. The first-order valence-corrected chi connectivity index (χ1v) is 5.71. The highest BCUT2D eigenvalue weighted by atomic mass is 79.9. The predicted octanol–water partition coefficient (Wildman–Crippen LogP) is 2.45. The standard InChI is InChI=1S/C9H11BrN2S/c10-8-4-3-6-12-9(8)13-7-2-1-5-11/h1-4,6H,5,7,11H2. The summed E-state index contributed by atoms with van der Waals surface area (Å²) in [5.41, 5.74) is 5.32. The molecule has 0 aliphatic rings. The van der Waals surface area contributed by atoms with E-state index in [0.29, 0.717) is 6.54 Å². The molecule has 1 aromatic rings. The van der Waals surface area contributed by atoms with Gasteiger partial charge in [0.2, 0.25) is 0 Å².